The van der Waals surface area contributed by atoms with E-state index in [-0.39, 0.29) is 22.9 Å². The molecule has 0 aliphatic heterocycles. The van der Waals surface area contributed by atoms with Crippen LogP contribution in [0.15, 0.2) is 27.6 Å². The molecule has 0 spiro atoms. The number of hydrogen-bond donors (Lipinski definition) is 3. The van der Waals surface area contributed by atoms with Gasteiger partial charge in [0.25, 0.3) is 0 Å². The van der Waals surface area contributed by atoms with Crippen molar-refractivity contribution in [2.75, 3.05) is 11.9 Å². The molecule has 0 radical (unpaired) electrons. The van der Waals surface area contributed by atoms with Gasteiger partial charge in [-0.1, -0.05) is 23.4 Å². The van der Waals surface area contributed by atoms with Crippen molar-refractivity contribution in [2.24, 2.45) is 0 Å². The summed E-state index contributed by atoms with van der Waals surface area (Å²) in [5.41, 5.74) is 2.69. The van der Waals surface area contributed by atoms with E-state index in [1.165, 1.54) is 20.8 Å². The number of benzene rings is 1. The number of para-hydroxylation sites is 1. The standard InChI is InChI=1S/C18H24N4O5S/c1-10-7-6-8-11(2)16(10)20-15(23)9-19-18(24)13(4)22-28(25,26)17-12(3)21-27-14(17)5/h6-8,13,22H,9H2,1-5H3,(H,19,24)(H,20,23)/t13-/m0/s1. The van der Waals surface area contributed by atoms with Crippen molar-refractivity contribution >= 4 is 27.5 Å². The number of nitrogens with one attached hydrogen (secondary N) is 3. The molecule has 2 rings (SSSR count). The molecule has 9 nitrogen and oxygen atoms in total. The van der Waals surface area contributed by atoms with Crippen LogP contribution in [0.25, 0.3) is 0 Å². The molecule has 0 saturated heterocycles. The first-order valence-corrected chi connectivity index (χ1v) is 10.1. The van der Waals surface area contributed by atoms with E-state index in [0.717, 1.165) is 11.1 Å². The van der Waals surface area contributed by atoms with E-state index in [2.05, 4.69) is 20.5 Å². The number of sulfonamides is 1. The quantitative estimate of drug-likeness (QED) is 0.634. The van der Waals surface area contributed by atoms with Gasteiger partial charge in [-0.15, -0.1) is 0 Å². The predicted molar refractivity (Wildman–Crippen MR) is 103 cm³/mol. The lowest BCUT2D eigenvalue weighted by atomic mass is 10.1. The number of amides is 2. The van der Waals surface area contributed by atoms with E-state index in [4.69, 9.17) is 4.52 Å². The van der Waals surface area contributed by atoms with Crippen molar-refractivity contribution < 1.29 is 22.5 Å². The lowest BCUT2D eigenvalue weighted by molar-refractivity contribution is -0.125. The molecule has 10 heteroatoms. The topological polar surface area (TPSA) is 130 Å². The van der Waals surface area contributed by atoms with Gasteiger partial charge in [0.1, 0.15) is 10.6 Å². The van der Waals surface area contributed by atoms with Crippen LogP contribution >= 0.6 is 0 Å². The van der Waals surface area contributed by atoms with Gasteiger partial charge in [-0.3, -0.25) is 9.59 Å². The predicted octanol–water partition coefficient (Wildman–Crippen LogP) is 1.33. The molecule has 0 bridgehead atoms. The highest BCUT2D eigenvalue weighted by Gasteiger charge is 2.28. The summed E-state index contributed by atoms with van der Waals surface area (Å²) in [4.78, 5) is 24.2. The summed E-state index contributed by atoms with van der Waals surface area (Å²) in [5.74, 6) is -0.913. The molecular formula is C18H24N4O5S. The third-order valence-corrected chi connectivity index (χ3v) is 5.91. The molecule has 1 aromatic carbocycles. The van der Waals surface area contributed by atoms with E-state index in [9.17, 15) is 18.0 Å². The molecule has 1 atom stereocenters. The number of rotatable bonds is 7. The smallest absolute Gasteiger partial charge is 0.246 e. The fraction of sp³-hybridized carbons (Fsp3) is 0.389. The molecule has 1 heterocycles. The third kappa shape index (κ3) is 4.96. The second kappa shape index (κ2) is 8.53. The number of carbonyl (C=O) groups is 2. The zero-order valence-electron chi connectivity index (χ0n) is 16.4. The first-order chi connectivity index (χ1) is 13.0. The summed E-state index contributed by atoms with van der Waals surface area (Å²) < 4.78 is 32.0. The Hall–Kier alpha value is -2.72. The Morgan fingerprint density at radius 3 is 2.29 bits per heavy atom. The van der Waals surface area contributed by atoms with Crippen LogP contribution in [0.1, 0.15) is 29.5 Å². The van der Waals surface area contributed by atoms with E-state index in [1.807, 2.05) is 32.0 Å². The maximum atomic E-state index is 12.4. The third-order valence-electron chi connectivity index (χ3n) is 4.13. The van der Waals surface area contributed by atoms with Gasteiger partial charge in [-0.25, -0.2) is 8.42 Å². The minimum atomic E-state index is -3.99. The minimum Gasteiger partial charge on any atom is -0.360 e. The Labute approximate surface area is 163 Å². The first-order valence-electron chi connectivity index (χ1n) is 8.62. The SMILES string of the molecule is Cc1cccc(C)c1NC(=O)CNC(=O)[C@H](C)NS(=O)(=O)c1c(C)noc1C. The minimum absolute atomic E-state index is 0.0973. The number of nitrogens with zero attached hydrogens (tertiary/aromatic N) is 1. The maximum Gasteiger partial charge on any atom is 0.246 e. The largest absolute Gasteiger partial charge is 0.360 e. The number of aromatic nitrogens is 1. The van der Waals surface area contributed by atoms with E-state index >= 15 is 0 Å². The normalized spacial score (nSPS) is 12.5. The van der Waals surface area contributed by atoms with Crippen LogP contribution in [0.4, 0.5) is 5.69 Å². The lowest BCUT2D eigenvalue weighted by Crippen LogP contribution is -2.46. The van der Waals surface area contributed by atoms with Gasteiger partial charge in [0.05, 0.1) is 12.6 Å². The van der Waals surface area contributed by atoms with E-state index in [1.54, 1.807) is 0 Å². The van der Waals surface area contributed by atoms with Crippen LogP contribution in [0.2, 0.25) is 0 Å². The average molecular weight is 408 g/mol. The highest BCUT2D eigenvalue weighted by atomic mass is 32.2. The molecule has 0 aliphatic carbocycles. The molecule has 3 N–H and O–H groups in total. The van der Waals surface area contributed by atoms with Gasteiger partial charge >= 0.3 is 0 Å². The Morgan fingerprint density at radius 1 is 1.14 bits per heavy atom. The van der Waals surface area contributed by atoms with Crippen molar-refractivity contribution in [1.29, 1.82) is 0 Å². The molecule has 2 aromatic rings. The van der Waals surface area contributed by atoms with Gasteiger partial charge in [0.15, 0.2) is 5.76 Å². The van der Waals surface area contributed by atoms with Crippen LogP contribution in [-0.2, 0) is 19.6 Å². The van der Waals surface area contributed by atoms with Crippen molar-refractivity contribution in [3.05, 3.63) is 40.8 Å². The summed E-state index contributed by atoms with van der Waals surface area (Å²) in [6.07, 6.45) is 0. The summed E-state index contributed by atoms with van der Waals surface area (Å²) in [6.45, 7) is 7.79. The lowest BCUT2D eigenvalue weighted by Gasteiger charge is -2.15. The monoisotopic (exact) mass is 408 g/mol. The Morgan fingerprint density at radius 2 is 1.75 bits per heavy atom. The van der Waals surface area contributed by atoms with E-state index < -0.39 is 27.9 Å². The summed E-state index contributed by atoms with van der Waals surface area (Å²) in [7, 11) is -3.99. The fourth-order valence-corrected chi connectivity index (χ4v) is 4.25. The highest BCUT2D eigenvalue weighted by molar-refractivity contribution is 7.89. The summed E-state index contributed by atoms with van der Waals surface area (Å²) in [5, 5.41) is 8.77. The van der Waals surface area contributed by atoms with Gasteiger partial charge < -0.3 is 15.2 Å². The Kier molecular flexibility index (Phi) is 6.57. The Bertz CT molecular complexity index is 958. The molecule has 0 unspecified atom stereocenters. The van der Waals surface area contributed by atoms with Crippen LogP contribution in [0.3, 0.4) is 0 Å². The molecule has 152 valence electrons. The second-order valence-electron chi connectivity index (χ2n) is 6.53. The van der Waals surface area contributed by atoms with Crippen molar-refractivity contribution in [2.45, 2.75) is 45.6 Å². The first kappa shape index (κ1) is 21.6. The molecule has 0 saturated carbocycles. The van der Waals surface area contributed by atoms with Crippen LogP contribution < -0.4 is 15.4 Å². The van der Waals surface area contributed by atoms with Crippen LogP contribution in [-0.4, -0.2) is 38.0 Å². The summed E-state index contributed by atoms with van der Waals surface area (Å²) >= 11 is 0. The second-order valence-corrected chi connectivity index (χ2v) is 8.18. The molecule has 0 fully saturated rings. The van der Waals surface area contributed by atoms with E-state index in [0.29, 0.717) is 5.69 Å². The van der Waals surface area contributed by atoms with Crippen LogP contribution in [0.5, 0.6) is 0 Å². The van der Waals surface area contributed by atoms with Gasteiger partial charge in [-0.2, -0.15) is 4.72 Å². The zero-order chi connectivity index (χ0) is 21.1. The van der Waals surface area contributed by atoms with Crippen molar-refractivity contribution in [1.82, 2.24) is 15.2 Å². The van der Waals surface area contributed by atoms with Gasteiger partial charge in [0.2, 0.25) is 21.8 Å². The summed E-state index contributed by atoms with van der Waals surface area (Å²) in [6, 6.07) is 4.53. The number of anilines is 1. The van der Waals surface area contributed by atoms with Crippen molar-refractivity contribution in [3.8, 4) is 0 Å². The molecular weight excluding hydrogens is 384 g/mol. The average Bonchev–Trinajstić information content (AvgIpc) is 2.95. The van der Waals surface area contributed by atoms with Crippen molar-refractivity contribution in [3.63, 3.8) is 0 Å². The van der Waals surface area contributed by atoms with Gasteiger partial charge in [0, 0.05) is 5.69 Å². The van der Waals surface area contributed by atoms with Crippen LogP contribution in [0, 0.1) is 27.7 Å². The maximum absolute atomic E-state index is 12.4. The number of aryl methyl sites for hydroxylation is 4. The highest BCUT2D eigenvalue weighted by Crippen LogP contribution is 2.20. The number of carbonyl (C=O) groups excluding carboxylic acids is 2. The van der Waals surface area contributed by atoms with Gasteiger partial charge in [-0.05, 0) is 45.7 Å². The molecule has 2 amide bonds. The molecule has 1 aromatic heterocycles. The number of hydrogen-bond acceptors (Lipinski definition) is 6. The Balaban J connectivity index is 1.95. The fourth-order valence-electron chi connectivity index (χ4n) is 2.72. The zero-order valence-corrected chi connectivity index (χ0v) is 17.2. The molecule has 28 heavy (non-hydrogen) atoms. The molecule has 0 aliphatic rings.